The zero-order chi connectivity index (χ0) is 22.8. The summed E-state index contributed by atoms with van der Waals surface area (Å²) in [6.07, 6.45) is 1.54. The van der Waals surface area contributed by atoms with E-state index in [1.807, 2.05) is 13.0 Å². The molecule has 5 nitrogen and oxygen atoms in total. The van der Waals surface area contributed by atoms with E-state index in [4.69, 9.17) is 9.47 Å². The summed E-state index contributed by atoms with van der Waals surface area (Å²) in [7, 11) is 0. The zero-order valence-corrected chi connectivity index (χ0v) is 19.7. The molecule has 0 fully saturated rings. The standard InChI is InChI=1S/C24H14Br2FNO4/c1-13-3-2-4-16(9-13)23(29)31-21-18(25)10-14(11-19(21)26)12-20-24(30)32-22(28-20)15-5-7-17(27)8-6-15/h2-12H,1H3/b20-12-. The minimum absolute atomic E-state index is 0.0904. The molecule has 3 aromatic rings. The molecule has 3 aromatic carbocycles. The lowest BCUT2D eigenvalue weighted by Crippen LogP contribution is -2.09. The molecule has 0 amide bonds. The molecular weight excluding hydrogens is 545 g/mol. The number of esters is 2. The largest absolute Gasteiger partial charge is 0.421 e. The number of rotatable bonds is 4. The minimum atomic E-state index is -0.619. The highest BCUT2D eigenvalue weighted by atomic mass is 79.9. The van der Waals surface area contributed by atoms with E-state index in [2.05, 4.69) is 36.9 Å². The molecule has 1 heterocycles. The topological polar surface area (TPSA) is 65.0 Å². The van der Waals surface area contributed by atoms with E-state index in [-0.39, 0.29) is 11.6 Å². The van der Waals surface area contributed by atoms with Crippen LogP contribution < -0.4 is 4.74 Å². The van der Waals surface area contributed by atoms with Gasteiger partial charge in [0.05, 0.1) is 14.5 Å². The average Bonchev–Trinajstić information content (AvgIpc) is 3.11. The van der Waals surface area contributed by atoms with Crippen LogP contribution in [-0.4, -0.2) is 17.8 Å². The van der Waals surface area contributed by atoms with Gasteiger partial charge in [0.2, 0.25) is 5.90 Å². The summed E-state index contributed by atoms with van der Waals surface area (Å²) in [6, 6.07) is 16.0. The number of carbonyl (C=O) groups is 2. The molecule has 0 radical (unpaired) electrons. The summed E-state index contributed by atoms with van der Waals surface area (Å²) in [5.74, 6) is -1.10. The van der Waals surface area contributed by atoms with Gasteiger partial charge in [-0.25, -0.2) is 19.0 Å². The van der Waals surface area contributed by atoms with Gasteiger partial charge in [-0.1, -0.05) is 17.7 Å². The number of carbonyl (C=O) groups excluding carboxylic acids is 2. The number of nitrogens with zero attached hydrogens (tertiary/aromatic N) is 1. The third kappa shape index (κ3) is 4.87. The fourth-order valence-electron chi connectivity index (χ4n) is 2.97. The van der Waals surface area contributed by atoms with E-state index in [1.165, 1.54) is 24.3 Å². The first-order valence-electron chi connectivity index (χ1n) is 9.36. The Morgan fingerprint density at radius 3 is 2.41 bits per heavy atom. The Bertz CT molecular complexity index is 1280. The van der Waals surface area contributed by atoms with Gasteiger partial charge in [0.25, 0.3) is 0 Å². The van der Waals surface area contributed by atoms with Crippen molar-refractivity contribution in [1.82, 2.24) is 0 Å². The number of aliphatic imine (C=N–C) groups is 1. The Labute approximate surface area is 199 Å². The van der Waals surface area contributed by atoms with Gasteiger partial charge >= 0.3 is 11.9 Å². The predicted octanol–water partition coefficient (Wildman–Crippen LogP) is 6.22. The Morgan fingerprint density at radius 1 is 1.06 bits per heavy atom. The summed E-state index contributed by atoms with van der Waals surface area (Å²) >= 11 is 6.82. The van der Waals surface area contributed by atoms with Crippen LogP contribution in [0.1, 0.15) is 27.0 Å². The predicted molar refractivity (Wildman–Crippen MR) is 125 cm³/mol. The molecule has 0 unspecified atom stereocenters. The van der Waals surface area contributed by atoms with Gasteiger partial charge in [0, 0.05) is 5.56 Å². The Hall–Kier alpha value is -3.10. The number of ether oxygens (including phenoxy) is 2. The van der Waals surface area contributed by atoms with Gasteiger partial charge in [-0.2, -0.15) is 0 Å². The van der Waals surface area contributed by atoms with Gasteiger partial charge in [-0.3, -0.25) is 0 Å². The van der Waals surface area contributed by atoms with Gasteiger partial charge in [0.1, 0.15) is 5.82 Å². The van der Waals surface area contributed by atoms with E-state index in [1.54, 1.807) is 36.4 Å². The van der Waals surface area contributed by atoms with Crippen molar-refractivity contribution in [3.8, 4) is 5.75 Å². The van der Waals surface area contributed by atoms with Gasteiger partial charge in [-0.05, 0) is 99.0 Å². The van der Waals surface area contributed by atoms with Gasteiger partial charge in [0.15, 0.2) is 11.4 Å². The number of halogens is 3. The lowest BCUT2D eigenvalue weighted by Gasteiger charge is -2.10. The van der Waals surface area contributed by atoms with Crippen molar-refractivity contribution in [3.05, 3.63) is 103 Å². The molecule has 8 heteroatoms. The van der Waals surface area contributed by atoms with Crippen LogP contribution in [-0.2, 0) is 9.53 Å². The van der Waals surface area contributed by atoms with Gasteiger partial charge in [-0.15, -0.1) is 0 Å². The van der Waals surface area contributed by atoms with E-state index in [0.29, 0.717) is 31.4 Å². The number of aryl methyl sites for hydroxylation is 1. The van der Waals surface area contributed by atoms with Crippen LogP contribution in [0.2, 0.25) is 0 Å². The summed E-state index contributed by atoms with van der Waals surface area (Å²) in [4.78, 5) is 28.9. The normalized spacial score (nSPS) is 14.3. The maximum atomic E-state index is 13.1. The van der Waals surface area contributed by atoms with Crippen molar-refractivity contribution in [2.75, 3.05) is 0 Å². The fraction of sp³-hybridized carbons (Fsp3) is 0.0417. The Morgan fingerprint density at radius 2 is 1.75 bits per heavy atom. The van der Waals surface area contributed by atoms with Crippen LogP contribution in [0.5, 0.6) is 5.75 Å². The van der Waals surface area contributed by atoms with Crippen LogP contribution in [0.3, 0.4) is 0 Å². The summed E-state index contributed by atoms with van der Waals surface area (Å²) in [5.41, 5.74) is 2.58. The number of benzene rings is 3. The van der Waals surface area contributed by atoms with Gasteiger partial charge < -0.3 is 9.47 Å². The third-order valence-electron chi connectivity index (χ3n) is 4.48. The van der Waals surface area contributed by atoms with Crippen molar-refractivity contribution >= 4 is 55.8 Å². The highest BCUT2D eigenvalue weighted by molar-refractivity contribution is 9.11. The molecule has 1 aliphatic rings. The quantitative estimate of drug-likeness (QED) is 0.216. The maximum absolute atomic E-state index is 13.1. The molecule has 0 saturated carbocycles. The minimum Gasteiger partial charge on any atom is -0.421 e. The lowest BCUT2D eigenvalue weighted by molar-refractivity contribution is -0.129. The second-order valence-electron chi connectivity index (χ2n) is 6.92. The first-order valence-corrected chi connectivity index (χ1v) is 10.9. The average molecular weight is 559 g/mol. The van der Waals surface area contributed by atoms with Crippen molar-refractivity contribution < 1.29 is 23.5 Å². The maximum Gasteiger partial charge on any atom is 0.363 e. The van der Waals surface area contributed by atoms with Crippen molar-refractivity contribution in [2.45, 2.75) is 6.92 Å². The molecule has 160 valence electrons. The van der Waals surface area contributed by atoms with Crippen molar-refractivity contribution in [2.24, 2.45) is 4.99 Å². The zero-order valence-electron chi connectivity index (χ0n) is 16.6. The van der Waals surface area contributed by atoms with Crippen LogP contribution in [0.15, 0.2) is 80.3 Å². The number of hydrogen-bond donors (Lipinski definition) is 0. The van der Waals surface area contributed by atoms with E-state index in [9.17, 15) is 14.0 Å². The summed E-state index contributed by atoms with van der Waals surface area (Å²) < 4.78 is 24.9. The fourth-order valence-corrected chi connectivity index (χ4v) is 4.35. The molecule has 0 spiro atoms. The van der Waals surface area contributed by atoms with Crippen molar-refractivity contribution in [1.29, 1.82) is 0 Å². The molecule has 0 saturated heterocycles. The van der Waals surface area contributed by atoms with Crippen LogP contribution in [0.4, 0.5) is 4.39 Å². The first-order chi connectivity index (χ1) is 15.3. The lowest BCUT2D eigenvalue weighted by atomic mass is 10.1. The van der Waals surface area contributed by atoms with Crippen LogP contribution >= 0.6 is 31.9 Å². The van der Waals surface area contributed by atoms with Crippen LogP contribution in [0, 0.1) is 12.7 Å². The Kier molecular flexibility index (Phi) is 6.34. The third-order valence-corrected chi connectivity index (χ3v) is 5.66. The molecule has 32 heavy (non-hydrogen) atoms. The Balaban J connectivity index is 1.59. The number of hydrogen-bond acceptors (Lipinski definition) is 5. The van der Waals surface area contributed by atoms with E-state index in [0.717, 1.165) is 5.56 Å². The summed E-state index contributed by atoms with van der Waals surface area (Å²) in [5, 5.41) is 0. The molecule has 0 bridgehead atoms. The van der Waals surface area contributed by atoms with E-state index >= 15 is 0 Å². The monoisotopic (exact) mass is 557 g/mol. The number of cyclic esters (lactones) is 1. The van der Waals surface area contributed by atoms with E-state index < -0.39 is 17.8 Å². The molecular formula is C24H14Br2FNO4. The molecule has 1 aliphatic heterocycles. The smallest absolute Gasteiger partial charge is 0.363 e. The molecule has 4 rings (SSSR count). The molecule has 0 aromatic heterocycles. The van der Waals surface area contributed by atoms with Crippen LogP contribution in [0.25, 0.3) is 6.08 Å². The second-order valence-corrected chi connectivity index (χ2v) is 8.62. The first kappa shape index (κ1) is 22.1. The summed E-state index contributed by atoms with van der Waals surface area (Å²) in [6.45, 7) is 1.89. The molecule has 0 atom stereocenters. The molecule has 0 aliphatic carbocycles. The SMILES string of the molecule is Cc1cccc(C(=O)Oc2c(Br)cc(/C=C3\N=C(c4ccc(F)cc4)OC3=O)cc2Br)c1. The molecule has 0 N–H and O–H groups in total. The van der Waals surface area contributed by atoms with Crippen molar-refractivity contribution in [3.63, 3.8) is 0 Å². The highest BCUT2D eigenvalue weighted by Crippen LogP contribution is 2.36. The highest BCUT2D eigenvalue weighted by Gasteiger charge is 2.24. The second kappa shape index (κ2) is 9.18.